The molecule has 0 bridgehead atoms. The van der Waals surface area contributed by atoms with E-state index in [1.165, 1.54) is 7.11 Å². The van der Waals surface area contributed by atoms with E-state index in [0.29, 0.717) is 53.9 Å². The summed E-state index contributed by atoms with van der Waals surface area (Å²) in [6, 6.07) is 25.9. The van der Waals surface area contributed by atoms with Crippen LogP contribution in [0, 0.1) is 23.7 Å². The highest BCUT2D eigenvalue weighted by Crippen LogP contribution is 2.66. The standard InChI is InChI=1S/C58H66N4O10/c1-38(2)47(53(65)70-3)59-56(68)61-45-28-23-39(29-32-57(69)30-15-5-6-16-31-57)37-44(45)58(55(61)67)46(52(64)60-33-17-7-4-8-18-34-60)49-54(66)72-50(41-21-13-10-14-22-41)48(40-19-11-9-12-20-40)62(49)51(58)42-24-26-43(27-25-42)71-36-35-63/h9-14,19-28,37-38,46-51,63,69H,4-8,15-18,30-31,33-36H2,1-3H3,(H,59,68). The fourth-order valence-electron chi connectivity index (χ4n) is 12.0. The Morgan fingerprint density at radius 1 is 0.792 bits per heavy atom. The van der Waals surface area contributed by atoms with E-state index in [9.17, 15) is 15.0 Å². The highest BCUT2D eigenvalue weighted by atomic mass is 16.6. The van der Waals surface area contributed by atoms with Crippen molar-refractivity contribution >= 4 is 35.5 Å². The van der Waals surface area contributed by atoms with Gasteiger partial charge >= 0.3 is 18.0 Å². The van der Waals surface area contributed by atoms with E-state index in [0.717, 1.165) is 68.3 Å². The number of carbonyl (C=O) groups is 5. The molecule has 14 nitrogen and oxygen atoms in total. The van der Waals surface area contributed by atoms with E-state index >= 15 is 19.2 Å². The van der Waals surface area contributed by atoms with Gasteiger partial charge in [-0.1, -0.05) is 131 Å². The summed E-state index contributed by atoms with van der Waals surface area (Å²) in [6.07, 6.45) is 8.01. The van der Waals surface area contributed by atoms with E-state index in [2.05, 4.69) is 17.2 Å². The number of aliphatic hydroxyl groups excluding tert-OH is 1. The molecule has 72 heavy (non-hydrogen) atoms. The second kappa shape index (κ2) is 21.7. The Morgan fingerprint density at radius 3 is 2.04 bits per heavy atom. The Bertz CT molecular complexity index is 2670. The number of cyclic esters (lactones) is 1. The number of hydrogen-bond acceptors (Lipinski definition) is 11. The maximum atomic E-state index is 16.9. The van der Waals surface area contributed by atoms with E-state index in [-0.39, 0.29) is 18.9 Å². The molecule has 3 saturated heterocycles. The van der Waals surface area contributed by atoms with Gasteiger partial charge in [-0.2, -0.15) is 0 Å². The van der Waals surface area contributed by atoms with Crippen LogP contribution in [0.5, 0.6) is 5.75 Å². The van der Waals surface area contributed by atoms with Crippen molar-refractivity contribution in [3.63, 3.8) is 0 Å². The molecule has 9 rings (SSSR count). The number of aliphatic hydroxyl groups is 2. The van der Waals surface area contributed by atoms with Crippen LogP contribution < -0.4 is 15.0 Å². The van der Waals surface area contributed by atoms with Gasteiger partial charge in [-0.25, -0.2) is 14.5 Å². The van der Waals surface area contributed by atoms with Crippen LogP contribution in [0.25, 0.3) is 0 Å². The average molecular weight is 979 g/mol. The average Bonchev–Trinajstić information content (AvgIpc) is 3.72. The zero-order chi connectivity index (χ0) is 50.6. The summed E-state index contributed by atoms with van der Waals surface area (Å²) in [7, 11) is 1.23. The third-order valence-corrected chi connectivity index (χ3v) is 15.4. The molecule has 14 heteroatoms. The fourth-order valence-corrected chi connectivity index (χ4v) is 12.0. The maximum Gasteiger partial charge on any atom is 0.329 e. The van der Waals surface area contributed by atoms with E-state index < -0.39 is 82.9 Å². The lowest BCUT2D eigenvalue weighted by Crippen LogP contribution is -2.58. The van der Waals surface area contributed by atoms with Crippen molar-refractivity contribution in [1.29, 1.82) is 0 Å². The molecule has 4 amide bonds. The molecule has 1 spiro atoms. The minimum atomic E-state index is -2.04. The minimum Gasteiger partial charge on any atom is -0.491 e. The normalized spacial score (nSPS) is 25.4. The molecule has 4 aliphatic heterocycles. The number of imide groups is 1. The summed E-state index contributed by atoms with van der Waals surface area (Å²) >= 11 is 0. The van der Waals surface area contributed by atoms with Gasteiger partial charge in [0.2, 0.25) is 11.8 Å². The first-order valence-corrected chi connectivity index (χ1v) is 25.7. The van der Waals surface area contributed by atoms with Crippen LogP contribution in [0.3, 0.4) is 0 Å². The molecule has 7 unspecified atom stereocenters. The van der Waals surface area contributed by atoms with E-state index in [4.69, 9.17) is 14.2 Å². The topological polar surface area (TPSA) is 175 Å². The second-order valence-corrected chi connectivity index (χ2v) is 20.3. The second-order valence-electron chi connectivity index (χ2n) is 20.3. The lowest BCUT2D eigenvalue weighted by atomic mass is 9.64. The van der Waals surface area contributed by atoms with Gasteiger partial charge in [0, 0.05) is 18.7 Å². The number of nitrogens with one attached hydrogen (secondary N) is 1. The smallest absolute Gasteiger partial charge is 0.329 e. The summed E-state index contributed by atoms with van der Waals surface area (Å²) in [6.45, 7) is 4.12. The van der Waals surface area contributed by atoms with Crippen LogP contribution in [0.15, 0.2) is 103 Å². The number of rotatable bonds is 10. The van der Waals surface area contributed by atoms with Gasteiger partial charge < -0.3 is 34.6 Å². The number of morpholine rings is 1. The molecule has 0 aromatic heterocycles. The number of fused-ring (bicyclic) bond motifs is 3. The summed E-state index contributed by atoms with van der Waals surface area (Å²) in [5.41, 5.74) is -0.385. The number of methoxy groups -OCH3 is 1. The number of benzene rings is 4. The van der Waals surface area contributed by atoms with Gasteiger partial charge in [0.1, 0.15) is 41.6 Å². The zero-order valence-electron chi connectivity index (χ0n) is 41.5. The van der Waals surface area contributed by atoms with Gasteiger partial charge in [0.05, 0.1) is 37.4 Å². The fraction of sp³-hybridized carbons (Fsp3) is 0.466. The lowest BCUT2D eigenvalue weighted by molar-refractivity contribution is -0.179. The van der Waals surface area contributed by atoms with Crippen LogP contribution in [0.1, 0.15) is 130 Å². The van der Waals surface area contributed by atoms with Gasteiger partial charge in [0.15, 0.2) is 0 Å². The van der Waals surface area contributed by atoms with Crippen molar-refractivity contribution in [2.24, 2.45) is 11.8 Å². The number of hydrogen-bond donors (Lipinski definition) is 3. The van der Waals surface area contributed by atoms with Crippen molar-refractivity contribution in [3.05, 3.63) is 131 Å². The van der Waals surface area contributed by atoms with Crippen LogP contribution >= 0.6 is 0 Å². The van der Waals surface area contributed by atoms with Crippen LogP contribution in [-0.2, 0) is 34.1 Å². The molecule has 5 aliphatic rings. The first-order chi connectivity index (χ1) is 34.9. The Hall–Kier alpha value is -6.53. The Morgan fingerprint density at radius 2 is 1.42 bits per heavy atom. The van der Waals surface area contributed by atoms with Crippen molar-refractivity contribution in [1.82, 2.24) is 15.1 Å². The molecule has 4 aromatic carbocycles. The molecular weight excluding hydrogens is 913 g/mol. The molecule has 3 N–H and O–H groups in total. The van der Waals surface area contributed by atoms with Gasteiger partial charge in [-0.05, 0) is 97.0 Å². The molecule has 1 saturated carbocycles. The number of esters is 2. The summed E-state index contributed by atoms with van der Waals surface area (Å²) in [5, 5.41) is 24.3. The number of ether oxygens (including phenoxy) is 3. The summed E-state index contributed by atoms with van der Waals surface area (Å²) in [5.74, 6) is 2.39. The predicted octanol–water partition coefficient (Wildman–Crippen LogP) is 7.86. The third kappa shape index (κ3) is 9.50. The molecule has 4 aromatic rings. The van der Waals surface area contributed by atoms with Crippen LogP contribution in [0.4, 0.5) is 10.5 Å². The molecule has 4 heterocycles. The van der Waals surface area contributed by atoms with Crippen LogP contribution in [-0.4, -0.2) is 101 Å². The predicted molar refractivity (Wildman–Crippen MR) is 269 cm³/mol. The first kappa shape index (κ1) is 50.4. The van der Waals surface area contributed by atoms with Crippen molar-refractivity contribution in [2.45, 2.75) is 126 Å². The highest BCUT2D eigenvalue weighted by Gasteiger charge is 2.76. The Kier molecular flexibility index (Phi) is 15.2. The first-order valence-electron chi connectivity index (χ1n) is 25.7. The number of amides is 4. The SMILES string of the molecule is COC(=O)C(NC(=O)N1C(=O)C2(c3cc(C#CC4(O)CCCCCC4)ccc31)C(C(=O)N1CCCCCCC1)C1C(=O)OC(c3ccccc3)C(c3ccccc3)N1C2c1ccc(OCCO)cc1)C(C)C. The zero-order valence-corrected chi connectivity index (χ0v) is 41.5. The van der Waals surface area contributed by atoms with E-state index in [1.807, 2.05) is 77.7 Å². The lowest BCUT2D eigenvalue weighted by Gasteiger charge is -2.46. The maximum absolute atomic E-state index is 16.9. The molecule has 7 atom stereocenters. The van der Waals surface area contributed by atoms with Crippen molar-refractivity contribution in [2.75, 3.05) is 38.3 Å². The van der Waals surface area contributed by atoms with Gasteiger partial charge in [-0.15, -0.1) is 0 Å². The quantitative estimate of drug-likeness (QED) is 0.0802. The number of anilines is 1. The van der Waals surface area contributed by atoms with Crippen molar-refractivity contribution in [3.8, 4) is 17.6 Å². The van der Waals surface area contributed by atoms with Crippen molar-refractivity contribution < 1.29 is 48.4 Å². The monoisotopic (exact) mass is 978 g/mol. The molecule has 378 valence electrons. The number of nitrogens with zero attached hydrogens (tertiary/aromatic N) is 3. The molecule has 1 aliphatic carbocycles. The number of urea groups is 1. The molecule has 0 radical (unpaired) electrons. The number of likely N-dealkylation sites (tertiary alicyclic amines) is 1. The summed E-state index contributed by atoms with van der Waals surface area (Å²) in [4.78, 5) is 82.2. The van der Waals surface area contributed by atoms with Gasteiger partial charge in [-0.3, -0.25) is 19.3 Å². The van der Waals surface area contributed by atoms with Gasteiger partial charge in [0.25, 0.3) is 0 Å². The number of carbonyl (C=O) groups excluding carboxylic acids is 5. The highest BCUT2D eigenvalue weighted by molar-refractivity contribution is 6.25. The third-order valence-electron chi connectivity index (χ3n) is 15.4. The molecule has 4 fully saturated rings. The molecular formula is C58H66N4O10. The van der Waals surface area contributed by atoms with Crippen LogP contribution in [0.2, 0.25) is 0 Å². The largest absolute Gasteiger partial charge is 0.491 e. The summed E-state index contributed by atoms with van der Waals surface area (Å²) < 4.78 is 17.7. The Balaban J connectivity index is 1.36. The van der Waals surface area contributed by atoms with E-state index in [1.54, 1.807) is 49.1 Å². The Labute approximate surface area is 422 Å². The minimum absolute atomic E-state index is 0.0335.